The number of aliphatic imine (C=N–C) groups is 3. The fraction of sp³-hybridized carbons (Fsp3) is 0.694. The summed E-state index contributed by atoms with van der Waals surface area (Å²) >= 11 is 0. The minimum absolute atomic E-state index is 0.0125. The van der Waals surface area contributed by atoms with Crippen molar-refractivity contribution in [2.24, 2.45) is 20.7 Å². The molecular weight excluding hydrogens is 927 g/mol. The molecule has 2 heterocycles. The number of ether oxygens (including phenoxy) is 10. The highest BCUT2D eigenvalue weighted by molar-refractivity contribution is 6.05. The minimum atomic E-state index is -0.882. The molecule has 71 heavy (non-hydrogen) atoms. The van der Waals surface area contributed by atoms with Gasteiger partial charge in [-0.1, -0.05) is 19.1 Å². The number of carboxylic acid groups (broad SMARTS) is 1. The van der Waals surface area contributed by atoms with Crippen LogP contribution in [-0.4, -0.2) is 233 Å². The minimum Gasteiger partial charge on any atom is -0.481 e. The van der Waals surface area contributed by atoms with Gasteiger partial charge in [0, 0.05) is 62.9 Å². The van der Waals surface area contributed by atoms with Crippen LogP contribution in [0.1, 0.15) is 57.6 Å². The van der Waals surface area contributed by atoms with Crippen molar-refractivity contribution in [2.75, 3.05) is 171 Å². The number of allylic oxidation sites excluding steroid dienone is 1. The van der Waals surface area contributed by atoms with E-state index in [-0.39, 0.29) is 25.4 Å². The first kappa shape index (κ1) is 61.0. The fourth-order valence-corrected chi connectivity index (χ4v) is 6.80. The standard InChI is InChI=1S/C49H81N7O15/c1-5-11-56(71-6-2)48(60)43-36-42-8-7-41(37-44(42)53-45(50)38-43)40(3)39-52-49(51-4)55-14-12-54(13-15-55)46(57)9-16-61-18-20-63-22-24-65-26-28-67-30-32-69-34-35-70-33-31-68-29-27-66-25-23-64-21-19-62-17-10-47(58)59/h7-8,36-37,39,46,57H,4-6,9-35,38H2,1-3H3,(H2,50,53)(H,58,59)/b40-39+,52-49+. The van der Waals surface area contributed by atoms with Crippen LogP contribution >= 0.6 is 0 Å². The maximum atomic E-state index is 13.3. The Morgan fingerprint density at radius 2 is 1.24 bits per heavy atom. The molecule has 0 aliphatic carbocycles. The first-order valence-electron chi connectivity index (χ1n) is 24.7. The smallest absolute Gasteiger partial charge is 0.305 e. The average Bonchev–Trinajstić information content (AvgIpc) is 3.54. The monoisotopic (exact) mass is 1010 g/mol. The number of aliphatic carboxylic acids is 1. The third-order valence-electron chi connectivity index (χ3n) is 10.5. The van der Waals surface area contributed by atoms with E-state index in [4.69, 9.17) is 63.0 Å². The highest BCUT2D eigenvalue weighted by atomic mass is 16.7. The Morgan fingerprint density at radius 3 is 1.69 bits per heavy atom. The molecule has 1 aromatic rings. The van der Waals surface area contributed by atoms with E-state index in [0.717, 1.165) is 23.1 Å². The zero-order chi connectivity index (χ0) is 51.2. The molecule has 0 radical (unpaired) electrons. The van der Waals surface area contributed by atoms with Crippen LogP contribution in [0.4, 0.5) is 5.69 Å². The average molecular weight is 1010 g/mol. The molecule has 0 aromatic heterocycles. The van der Waals surface area contributed by atoms with Gasteiger partial charge in [-0.05, 0) is 50.3 Å². The van der Waals surface area contributed by atoms with Crippen LogP contribution in [0.2, 0.25) is 0 Å². The number of aliphatic hydroxyl groups is 1. The second-order valence-corrected chi connectivity index (χ2v) is 16.0. The summed E-state index contributed by atoms with van der Waals surface area (Å²) in [5.74, 6) is -0.238. The quantitative estimate of drug-likeness (QED) is 0.0369. The number of nitrogens with zero attached hydrogens (tertiary/aromatic N) is 6. The van der Waals surface area contributed by atoms with Gasteiger partial charge in [0.2, 0.25) is 5.96 Å². The second-order valence-electron chi connectivity index (χ2n) is 16.0. The number of rotatable bonds is 41. The van der Waals surface area contributed by atoms with Gasteiger partial charge in [0.05, 0.1) is 151 Å². The number of amides is 1. The van der Waals surface area contributed by atoms with Crippen LogP contribution in [0.5, 0.6) is 0 Å². The third-order valence-corrected chi connectivity index (χ3v) is 10.5. The van der Waals surface area contributed by atoms with Crippen molar-refractivity contribution in [1.82, 2.24) is 14.9 Å². The van der Waals surface area contributed by atoms with Crippen molar-refractivity contribution in [1.29, 1.82) is 0 Å². The predicted octanol–water partition coefficient (Wildman–Crippen LogP) is 3.04. The Kier molecular flexibility index (Phi) is 33.8. The number of hydroxylamine groups is 2. The largest absolute Gasteiger partial charge is 0.481 e. The van der Waals surface area contributed by atoms with Gasteiger partial charge in [0.15, 0.2) is 0 Å². The number of hydrogen-bond acceptors (Lipinski definition) is 18. The summed E-state index contributed by atoms with van der Waals surface area (Å²) in [4.78, 5) is 46.8. The molecule has 2 aliphatic rings. The topological polar surface area (TPSA) is 249 Å². The number of benzene rings is 1. The summed E-state index contributed by atoms with van der Waals surface area (Å²) in [6.45, 7) is 21.6. The second kappa shape index (κ2) is 39.3. The van der Waals surface area contributed by atoms with Crippen LogP contribution in [0.15, 0.2) is 44.9 Å². The zero-order valence-electron chi connectivity index (χ0n) is 42.3. The van der Waals surface area contributed by atoms with Gasteiger partial charge in [0.1, 0.15) is 12.1 Å². The molecule has 3 rings (SSSR count). The molecule has 1 amide bonds. The van der Waals surface area contributed by atoms with Gasteiger partial charge in [0.25, 0.3) is 5.91 Å². The molecule has 4 N–H and O–H groups in total. The molecule has 0 spiro atoms. The number of nitrogens with two attached hydrogens (primary N) is 1. The summed E-state index contributed by atoms with van der Waals surface area (Å²) in [5.41, 5.74) is 10.1. The molecule has 1 saturated heterocycles. The molecule has 1 aromatic carbocycles. The summed E-state index contributed by atoms with van der Waals surface area (Å²) < 4.78 is 54.7. The number of aliphatic hydroxyl groups excluding tert-OH is 1. The highest BCUT2D eigenvalue weighted by Crippen LogP contribution is 2.30. The van der Waals surface area contributed by atoms with E-state index in [0.29, 0.717) is 194 Å². The lowest BCUT2D eigenvalue weighted by Crippen LogP contribution is -2.51. The number of carboxylic acids is 1. The van der Waals surface area contributed by atoms with Gasteiger partial charge in [-0.15, -0.1) is 0 Å². The van der Waals surface area contributed by atoms with Crippen molar-refractivity contribution < 1.29 is 72.0 Å². The molecule has 22 heteroatoms. The third kappa shape index (κ3) is 27.4. The maximum Gasteiger partial charge on any atom is 0.305 e. The van der Waals surface area contributed by atoms with Crippen LogP contribution < -0.4 is 5.73 Å². The number of piperazine rings is 1. The zero-order valence-corrected chi connectivity index (χ0v) is 42.3. The number of carbonyl (C=O) groups excluding carboxylic acids is 1. The van der Waals surface area contributed by atoms with Crippen molar-refractivity contribution in [3.8, 4) is 0 Å². The molecule has 0 saturated carbocycles. The molecule has 0 bridgehead atoms. The van der Waals surface area contributed by atoms with Gasteiger partial charge < -0.3 is 68.2 Å². The van der Waals surface area contributed by atoms with Crippen LogP contribution in [0.3, 0.4) is 0 Å². The Bertz CT molecular complexity index is 1750. The van der Waals surface area contributed by atoms with Crippen molar-refractivity contribution in [2.45, 2.75) is 52.7 Å². The van der Waals surface area contributed by atoms with Gasteiger partial charge in [-0.2, -0.15) is 0 Å². The summed E-state index contributed by atoms with van der Waals surface area (Å²) in [6, 6.07) is 5.83. The van der Waals surface area contributed by atoms with Gasteiger partial charge in [-0.25, -0.2) is 20.0 Å². The van der Waals surface area contributed by atoms with Crippen LogP contribution in [0.25, 0.3) is 11.6 Å². The van der Waals surface area contributed by atoms with E-state index in [2.05, 4.69) is 21.7 Å². The molecule has 402 valence electrons. The number of amidine groups is 1. The van der Waals surface area contributed by atoms with Gasteiger partial charge >= 0.3 is 5.97 Å². The predicted molar refractivity (Wildman–Crippen MR) is 269 cm³/mol. The van der Waals surface area contributed by atoms with Crippen LogP contribution in [-0.2, 0) is 61.8 Å². The fourth-order valence-electron chi connectivity index (χ4n) is 6.80. The summed E-state index contributed by atoms with van der Waals surface area (Å²) in [5, 5.41) is 20.7. The Morgan fingerprint density at radius 1 is 0.761 bits per heavy atom. The van der Waals surface area contributed by atoms with Crippen molar-refractivity contribution >= 4 is 47.7 Å². The number of carbonyl (C=O) groups is 2. The lowest BCUT2D eigenvalue weighted by Gasteiger charge is -2.37. The first-order valence-corrected chi connectivity index (χ1v) is 24.7. The lowest BCUT2D eigenvalue weighted by atomic mass is 10.0. The SMILES string of the molecule is C=N/C(=N\C=C(/C)c1ccc2c(c1)N=C(N)CC(C(=O)N(CCC)OCC)=C2)N1CCN(C(O)CCOCCOCCOCCOCCOCCOCCOCCOCCOCCOCCC(=O)O)CC1. The van der Waals surface area contributed by atoms with E-state index in [1.165, 1.54) is 5.06 Å². The molecule has 1 atom stereocenters. The van der Waals surface area contributed by atoms with E-state index in [9.17, 15) is 14.7 Å². The Hall–Kier alpha value is -4.27. The molecule has 22 nitrogen and oxygen atoms in total. The van der Waals surface area contributed by atoms with E-state index < -0.39 is 12.2 Å². The van der Waals surface area contributed by atoms with Gasteiger partial charge in [-0.3, -0.25) is 19.3 Å². The molecule has 1 fully saturated rings. The number of guanidine groups is 1. The summed E-state index contributed by atoms with van der Waals surface area (Å²) in [7, 11) is 0. The first-order chi connectivity index (χ1) is 34.7. The highest BCUT2D eigenvalue weighted by Gasteiger charge is 2.24. The number of fused-ring (bicyclic) bond motifs is 1. The molecule has 2 aliphatic heterocycles. The summed E-state index contributed by atoms with van der Waals surface area (Å²) in [6.07, 6.45) is 4.42. The maximum absolute atomic E-state index is 13.3. The number of hydrogen-bond donors (Lipinski definition) is 3. The van der Waals surface area contributed by atoms with Crippen molar-refractivity contribution in [3.63, 3.8) is 0 Å². The lowest BCUT2D eigenvalue weighted by molar-refractivity contribution is -0.180. The van der Waals surface area contributed by atoms with E-state index in [1.54, 1.807) is 6.20 Å². The molecular formula is C49H81N7O15. The van der Waals surface area contributed by atoms with E-state index >= 15 is 0 Å². The molecule has 1 unspecified atom stereocenters. The Balaban J connectivity index is 1.13. The van der Waals surface area contributed by atoms with E-state index in [1.807, 2.05) is 54.8 Å². The van der Waals surface area contributed by atoms with Crippen LogP contribution in [0, 0.1) is 0 Å². The Labute approximate surface area is 419 Å². The van der Waals surface area contributed by atoms with Crippen molar-refractivity contribution in [3.05, 3.63) is 41.1 Å². The normalized spacial score (nSPS) is 15.0.